The van der Waals surface area contributed by atoms with Crippen molar-refractivity contribution in [3.05, 3.63) is 18.3 Å². The van der Waals surface area contributed by atoms with Gasteiger partial charge in [0.25, 0.3) is 0 Å². The number of nitrogens with one attached hydrogen (secondary N) is 1. The zero-order chi connectivity index (χ0) is 21.0. The molecule has 1 aromatic rings. The standard InChI is InChI=1S/C21H32N4O4S/c26-21(17-4-2-1-3-5-17)23-18-8-10-24(11-9-18)20-7-6-19(16-22-20)30(27,28)25-12-14-29-15-13-25/h6-7,16-18H,1-5,8-15H2,(H,23,26). The van der Waals surface area contributed by atoms with Crippen LogP contribution in [0.2, 0.25) is 0 Å². The highest BCUT2D eigenvalue weighted by Crippen LogP contribution is 2.25. The second-order valence-electron chi connectivity index (χ2n) is 8.47. The smallest absolute Gasteiger partial charge is 0.244 e. The zero-order valence-corrected chi connectivity index (χ0v) is 18.3. The number of anilines is 1. The van der Waals surface area contributed by atoms with Crippen molar-refractivity contribution in [3.8, 4) is 0 Å². The summed E-state index contributed by atoms with van der Waals surface area (Å²) in [5.41, 5.74) is 0. The number of ether oxygens (including phenoxy) is 1. The molecule has 3 fully saturated rings. The Balaban J connectivity index is 1.30. The third-order valence-electron chi connectivity index (χ3n) is 6.47. The first kappa shape index (κ1) is 21.5. The number of aromatic nitrogens is 1. The van der Waals surface area contributed by atoms with Crippen molar-refractivity contribution in [2.45, 2.75) is 55.9 Å². The number of nitrogens with zero attached hydrogens (tertiary/aromatic N) is 3. The number of hydrogen-bond acceptors (Lipinski definition) is 6. The molecule has 4 rings (SSSR count). The molecular formula is C21H32N4O4S. The number of carbonyl (C=O) groups excluding carboxylic acids is 1. The van der Waals surface area contributed by atoms with Crippen molar-refractivity contribution in [2.75, 3.05) is 44.3 Å². The fraction of sp³-hybridized carbons (Fsp3) is 0.714. The maximum atomic E-state index is 12.7. The van der Waals surface area contributed by atoms with Gasteiger partial charge in [-0.3, -0.25) is 4.79 Å². The molecule has 30 heavy (non-hydrogen) atoms. The number of rotatable bonds is 5. The van der Waals surface area contributed by atoms with Crippen LogP contribution in [0.3, 0.4) is 0 Å². The lowest BCUT2D eigenvalue weighted by Crippen LogP contribution is -2.46. The molecule has 0 unspecified atom stereocenters. The molecule has 0 aromatic carbocycles. The SMILES string of the molecule is O=C(NC1CCN(c2ccc(S(=O)(=O)N3CCOCC3)cn2)CC1)C1CCCCC1. The molecular weight excluding hydrogens is 404 g/mol. The Bertz CT molecular complexity index is 810. The number of sulfonamides is 1. The van der Waals surface area contributed by atoms with Gasteiger partial charge in [0.05, 0.1) is 13.2 Å². The summed E-state index contributed by atoms with van der Waals surface area (Å²) in [5, 5.41) is 3.24. The second-order valence-corrected chi connectivity index (χ2v) is 10.4. The van der Waals surface area contributed by atoms with E-state index in [4.69, 9.17) is 4.74 Å². The Morgan fingerprint density at radius 2 is 1.70 bits per heavy atom. The zero-order valence-electron chi connectivity index (χ0n) is 17.5. The number of amides is 1. The highest BCUT2D eigenvalue weighted by Gasteiger charge is 2.28. The van der Waals surface area contributed by atoms with E-state index < -0.39 is 10.0 Å². The Labute approximate surface area is 179 Å². The first-order valence-corrected chi connectivity index (χ1v) is 12.6. The lowest BCUT2D eigenvalue weighted by Gasteiger charge is -2.34. The molecule has 2 aliphatic heterocycles. The minimum atomic E-state index is -3.52. The topological polar surface area (TPSA) is 91.8 Å². The third-order valence-corrected chi connectivity index (χ3v) is 8.35. The van der Waals surface area contributed by atoms with Crippen molar-refractivity contribution in [2.24, 2.45) is 5.92 Å². The Morgan fingerprint density at radius 3 is 2.33 bits per heavy atom. The molecule has 0 radical (unpaired) electrons. The van der Waals surface area contributed by atoms with Crippen LogP contribution in [-0.4, -0.2) is 69.0 Å². The van der Waals surface area contributed by atoms with E-state index in [1.54, 1.807) is 12.1 Å². The van der Waals surface area contributed by atoms with Crippen LogP contribution < -0.4 is 10.2 Å². The summed E-state index contributed by atoms with van der Waals surface area (Å²) in [5.74, 6) is 1.20. The molecule has 2 saturated heterocycles. The Morgan fingerprint density at radius 1 is 1.00 bits per heavy atom. The monoisotopic (exact) mass is 436 g/mol. The minimum absolute atomic E-state index is 0.194. The summed E-state index contributed by atoms with van der Waals surface area (Å²) in [4.78, 5) is 19.3. The predicted molar refractivity (Wildman–Crippen MR) is 114 cm³/mol. The third kappa shape index (κ3) is 4.95. The number of carbonyl (C=O) groups is 1. The van der Waals surface area contributed by atoms with E-state index in [9.17, 15) is 13.2 Å². The molecule has 0 spiro atoms. The van der Waals surface area contributed by atoms with Gasteiger partial charge in [0, 0.05) is 44.3 Å². The summed E-state index contributed by atoms with van der Waals surface area (Å²) < 4.78 is 32.1. The first-order valence-electron chi connectivity index (χ1n) is 11.1. The summed E-state index contributed by atoms with van der Waals surface area (Å²) >= 11 is 0. The lowest BCUT2D eigenvalue weighted by atomic mass is 9.88. The van der Waals surface area contributed by atoms with E-state index in [-0.39, 0.29) is 22.8 Å². The van der Waals surface area contributed by atoms with Crippen molar-refractivity contribution < 1.29 is 17.9 Å². The molecule has 1 saturated carbocycles. The summed E-state index contributed by atoms with van der Waals surface area (Å²) in [6, 6.07) is 3.65. The Hall–Kier alpha value is -1.71. The number of hydrogen-bond donors (Lipinski definition) is 1. The van der Waals surface area contributed by atoms with Crippen LogP contribution in [-0.2, 0) is 19.6 Å². The lowest BCUT2D eigenvalue weighted by molar-refractivity contribution is -0.126. The highest BCUT2D eigenvalue weighted by atomic mass is 32.2. The van der Waals surface area contributed by atoms with Gasteiger partial charge in [0.15, 0.2) is 0 Å². The van der Waals surface area contributed by atoms with Crippen LogP contribution >= 0.6 is 0 Å². The fourth-order valence-corrected chi connectivity index (χ4v) is 5.94. The average molecular weight is 437 g/mol. The average Bonchev–Trinajstić information content (AvgIpc) is 2.81. The van der Waals surface area contributed by atoms with Gasteiger partial charge >= 0.3 is 0 Å². The van der Waals surface area contributed by atoms with E-state index >= 15 is 0 Å². The molecule has 0 bridgehead atoms. The van der Waals surface area contributed by atoms with E-state index in [1.807, 2.05) is 0 Å². The summed E-state index contributed by atoms with van der Waals surface area (Å²) in [6.45, 7) is 3.22. The molecule has 1 aromatic heterocycles. The minimum Gasteiger partial charge on any atom is -0.379 e. The van der Waals surface area contributed by atoms with E-state index in [0.29, 0.717) is 26.3 Å². The molecule has 8 nitrogen and oxygen atoms in total. The summed E-state index contributed by atoms with van der Waals surface area (Å²) in [7, 11) is -3.52. The molecule has 1 aliphatic carbocycles. The van der Waals surface area contributed by atoms with Crippen molar-refractivity contribution >= 4 is 21.7 Å². The number of morpholine rings is 1. The molecule has 3 aliphatic rings. The van der Waals surface area contributed by atoms with Crippen molar-refractivity contribution in [1.29, 1.82) is 0 Å². The van der Waals surface area contributed by atoms with E-state index in [1.165, 1.54) is 29.8 Å². The second kappa shape index (κ2) is 9.62. The normalized spacial score (nSPS) is 22.7. The van der Waals surface area contributed by atoms with Gasteiger partial charge in [-0.05, 0) is 37.8 Å². The number of pyridine rings is 1. The molecule has 0 atom stereocenters. The molecule has 1 N–H and O–H groups in total. The van der Waals surface area contributed by atoms with Crippen molar-refractivity contribution in [3.63, 3.8) is 0 Å². The molecule has 1 amide bonds. The van der Waals surface area contributed by atoms with Gasteiger partial charge in [-0.1, -0.05) is 19.3 Å². The van der Waals surface area contributed by atoms with Crippen LogP contribution in [0.5, 0.6) is 0 Å². The molecule has 166 valence electrons. The molecule has 9 heteroatoms. The van der Waals surface area contributed by atoms with E-state index in [0.717, 1.165) is 44.6 Å². The van der Waals surface area contributed by atoms with Gasteiger partial charge < -0.3 is 15.0 Å². The van der Waals surface area contributed by atoms with Gasteiger partial charge in [-0.15, -0.1) is 0 Å². The first-order chi connectivity index (χ1) is 14.5. The summed E-state index contributed by atoms with van der Waals surface area (Å²) in [6.07, 6.45) is 8.85. The fourth-order valence-electron chi connectivity index (χ4n) is 4.58. The van der Waals surface area contributed by atoms with Crippen LogP contribution in [0.4, 0.5) is 5.82 Å². The van der Waals surface area contributed by atoms with Crippen molar-refractivity contribution in [1.82, 2.24) is 14.6 Å². The predicted octanol–water partition coefficient (Wildman–Crippen LogP) is 1.77. The van der Waals surface area contributed by atoms with Gasteiger partial charge in [-0.2, -0.15) is 4.31 Å². The Kier molecular flexibility index (Phi) is 6.90. The van der Waals surface area contributed by atoms with Gasteiger partial charge in [0.2, 0.25) is 15.9 Å². The van der Waals surface area contributed by atoms with Crippen LogP contribution in [0, 0.1) is 5.92 Å². The molecule has 3 heterocycles. The van der Waals surface area contributed by atoms with Crippen LogP contribution in [0.15, 0.2) is 23.2 Å². The van der Waals surface area contributed by atoms with Gasteiger partial charge in [-0.25, -0.2) is 13.4 Å². The largest absolute Gasteiger partial charge is 0.379 e. The quantitative estimate of drug-likeness (QED) is 0.756. The maximum Gasteiger partial charge on any atom is 0.244 e. The van der Waals surface area contributed by atoms with Crippen LogP contribution in [0.25, 0.3) is 0 Å². The van der Waals surface area contributed by atoms with Gasteiger partial charge in [0.1, 0.15) is 10.7 Å². The van der Waals surface area contributed by atoms with Crippen LogP contribution in [0.1, 0.15) is 44.9 Å². The maximum absolute atomic E-state index is 12.7. The highest BCUT2D eigenvalue weighted by molar-refractivity contribution is 7.89. The van der Waals surface area contributed by atoms with E-state index in [2.05, 4.69) is 15.2 Å². The number of piperidine rings is 1.